The number of ether oxygens (including phenoxy) is 1. The van der Waals surface area contributed by atoms with E-state index in [0.717, 1.165) is 6.20 Å². The van der Waals surface area contributed by atoms with E-state index >= 15 is 0 Å². The quantitative estimate of drug-likeness (QED) is 0.534. The molecule has 1 heterocycles. The Labute approximate surface area is 198 Å². The number of benzene rings is 1. The first kappa shape index (κ1) is 25.6. The molecule has 1 amide bonds. The summed E-state index contributed by atoms with van der Waals surface area (Å²) in [6, 6.07) is 6.60. The second kappa shape index (κ2) is 10.5. The Bertz CT molecular complexity index is 1260. The van der Waals surface area contributed by atoms with E-state index in [1.807, 2.05) is 0 Å². The Kier molecular flexibility index (Phi) is 7.69. The zero-order valence-corrected chi connectivity index (χ0v) is 18.9. The summed E-state index contributed by atoms with van der Waals surface area (Å²) in [7, 11) is 0. The Morgan fingerprint density at radius 3 is 2.69 bits per heavy atom. The summed E-state index contributed by atoms with van der Waals surface area (Å²) in [4.78, 5) is 28.0. The molecule has 0 radical (unpaired) electrons. The number of hydrogen-bond donors (Lipinski definition) is 1. The highest BCUT2D eigenvalue weighted by atomic mass is 19.4. The van der Waals surface area contributed by atoms with Crippen molar-refractivity contribution in [2.45, 2.75) is 38.8 Å². The highest BCUT2D eigenvalue weighted by Crippen LogP contribution is 2.35. The van der Waals surface area contributed by atoms with Crippen molar-refractivity contribution >= 4 is 23.0 Å². The van der Waals surface area contributed by atoms with Crippen molar-refractivity contribution in [1.29, 1.82) is 5.26 Å². The van der Waals surface area contributed by atoms with E-state index in [1.54, 1.807) is 25.1 Å². The zero-order valence-electron chi connectivity index (χ0n) is 18.9. The average Bonchev–Trinajstić information content (AvgIpc) is 2.81. The van der Waals surface area contributed by atoms with E-state index < -0.39 is 41.5 Å². The molecule has 0 saturated heterocycles. The molecule has 1 atom stereocenters. The summed E-state index contributed by atoms with van der Waals surface area (Å²) in [5.41, 5.74) is -0.679. The van der Waals surface area contributed by atoms with Gasteiger partial charge in [-0.05, 0) is 48.8 Å². The molecule has 0 saturated carbocycles. The number of carbonyl (C=O) groups is 2. The normalized spacial score (nSPS) is 14.5. The summed E-state index contributed by atoms with van der Waals surface area (Å²) in [6.45, 7) is 3.34. The molecule has 1 aromatic carbocycles. The second-order valence-electron chi connectivity index (χ2n) is 7.76. The summed E-state index contributed by atoms with van der Waals surface area (Å²) >= 11 is 0. The fraction of sp³-hybridized carbons (Fsp3) is 0.280. The molecule has 0 fully saturated rings. The fourth-order valence-electron chi connectivity index (χ4n) is 3.49. The molecule has 182 valence electrons. The molecule has 1 aliphatic carbocycles. The summed E-state index contributed by atoms with van der Waals surface area (Å²) in [5.74, 6) is -2.51. The summed E-state index contributed by atoms with van der Waals surface area (Å²) in [6.07, 6.45) is -0.888. The number of nitrogens with one attached hydrogen (secondary N) is 1. The van der Waals surface area contributed by atoms with Crippen LogP contribution in [0.3, 0.4) is 0 Å². The van der Waals surface area contributed by atoms with Crippen LogP contribution < -0.4 is 5.32 Å². The lowest BCUT2D eigenvalue weighted by Gasteiger charge is -2.15. The minimum absolute atomic E-state index is 0.0338. The SMILES string of the molecule is CCOC1=CC(c2ccc(CC(=O)Nc3cnc(C(C)C#N)c(C(F)(F)F)c3)c(F)c2)=CCC1=O. The molecular formula is C25H21F4N3O3. The molecular weight excluding hydrogens is 466 g/mol. The van der Waals surface area contributed by atoms with Gasteiger partial charge in [-0.25, -0.2) is 4.39 Å². The van der Waals surface area contributed by atoms with Gasteiger partial charge in [0.1, 0.15) is 5.82 Å². The van der Waals surface area contributed by atoms with Crippen LogP contribution in [0.4, 0.5) is 23.2 Å². The molecule has 6 nitrogen and oxygen atoms in total. The Morgan fingerprint density at radius 1 is 1.31 bits per heavy atom. The molecule has 1 aromatic heterocycles. The van der Waals surface area contributed by atoms with Gasteiger partial charge in [-0.2, -0.15) is 18.4 Å². The number of allylic oxidation sites excluding steroid dienone is 4. The van der Waals surface area contributed by atoms with Crippen molar-refractivity contribution in [1.82, 2.24) is 4.98 Å². The maximum Gasteiger partial charge on any atom is 0.418 e. The highest BCUT2D eigenvalue weighted by molar-refractivity contribution is 6.01. The maximum atomic E-state index is 14.7. The lowest BCUT2D eigenvalue weighted by Crippen LogP contribution is -2.18. The first-order valence-electron chi connectivity index (χ1n) is 10.7. The minimum Gasteiger partial charge on any atom is -0.490 e. The number of Topliss-reactive ketones (excluding diaryl/α,β-unsaturated/α-hetero) is 1. The van der Waals surface area contributed by atoms with Crippen molar-refractivity contribution in [3.63, 3.8) is 0 Å². The number of pyridine rings is 1. The van der Waals surface area contributed by atoms with Crippen molar-refractivity contribution in [2.75, 3.05) is 11.9 Å². The Hall–Kier alpha value is -4.00. The maximum absolute atomic E-state index is 14.7. The monoisotopic (exact) mass is 487 g/mol. The van der Waals surface area contributed by atoms with Crippen LogP contribution in [0.15, 0.2) is 48.4 Å². The van der Waals surface area contributed by atoms with Crippen molar-refractivity contribution < 1.29 is 31.9 Å². The van der Waals surface area contributed by atoms with E-state index in [1.165, 1.54) is 25.1 Å². The Morgan fingerprint density at radius 2 is 2.06 bits per heavy atom. The third-order valence-electron chi connectivity index (χ3n) is 5.22. The number of aromatic nitrogens is 1. The van der Waals surface area contributed by atoms with Gasteiger partial charge < -0.3 is 10.1 Å². The van der Waals surface area contributed by atoms with Crippen LogP contribution >= 0.6 is 0 Å². The number of hydrogen-bond acceptors (Lipinski definition) is 5. The van der Waals surface area contributed by atoms with Gasteiger partial charge in [-0.15, -0.1) is 0 Å². The average molecular weight is 487 g/mol. The van der Waals surface area contributed by atoms with E-state index in [2.05, 4.69) is 10.3 Å². The number of carbonyl (C=O) groups excluding carboxylic acids is 2. The molecule has 1 aliphatic rings. The van der Waals surface area contributed by atoms with Crippen LogP contribution in [0.1, 0.15) is 48.6 Å². The topological polar surface area (TPSA) is 92.1 Å². The fourth-order valence-corrected chi connectivity index (χ4v) is 3.49. The van der Waals surface area contributed by atoms with Gasteiger partial charge in [0.15, 0.2) is 5.76 Å². The van der Waals surface area contributed by atoms with E-state index in [9.17, 15) is 27.2 Å². The number of alkyl halides is 3. The molecule has 10 heteroatoms. The van der Waals surface area contributed by atoms with Gasteiger partial charge in [0.2, 0.25) is 11.7 Å². The predicted molar refractivity (Wildman–Crippen MR) is 119 cm³/mol. The lowest BCUT2D eigenvalue weighted by atomic mass is 9.96. The van der Waals surface area contributed by atoms with Gasteiger partial charge in [-0.3, -0.25) is 14.6 Å². The molecule has 0 aliphatic heterocycles. The van der Waals surface area contributed by atoms with Crippen molar-refractivity contribution in [2.24, 2.45) is 0 Å². The van der Waals surface area contributed by atoms with E-state index in [-0.39, 0.29) is 29.2 Å². The van der Waals surface area contributed by atoms with E-state index in [0.29, 0.717) is 23.8 Å². The third-order valence-corrected chi connectivity index (χ3v) is 5.22. The lowest BCUT2D eigenvalue weighted by molar-refractivity contribution is -0.138. The van der Waals surface area contributed by atoms with Crippen molar-refractivity contribution in [3.8, 4) is 6.07 Å². The van der Waals surface area contributed by atoms with Crippen LogP contribution in [0, 0.1) is 17.1 Å². The van der Waals surface area contributed by atoms with Crippen molar-refractivity contribution in [3.05, 3.63) is 76.6 Å². The van der Waals surface area contributed by atoms with Gasteiger partial charge in [0, 0.05) is 6.42 Å². The van der Waals surface area contributed by atoms with Crippen LogP contribution in [0.25, 0.3) is 5.57 Å². The molecule has 2 aromatic rings. The smallest absolute Gasteiger partial charge is 0.418 e. The first-order chi connectivity index (χ1) is 16.5. The van der Waals surface area contributed by atoms with Gasteiger partial charge in [0.25, 0.3) is 0 Å². The Balaban J connectivity index is 1.76. The van der Waals surface area contributed by atoms with Gasteiger partial charge in [0.05, 0.1) is 48.2 Å². The molecule has 3 rings (SSSR count). The number of nitriles is 1. The minimum atomic E-state index is -4.77. The highest BCUT2D eigenvalue weighted by Gasteiger charge is 2.36. The first-order valence-corrected chi connectivity index (χ1v) is 10.7. The van der Waals surface area contributed by atoms with Gasteiger partial charge in [-0.1, -0.05) is 18.2 Å². The number of nitrogens with zero attached hydrogens (tertiary/aromatic N) is 2. The molecule has 35 heavy (non-hydrogen) atoms. The summed E-state index contributed by atoms with van der Waals surface area (Å²) in [5, 5.41) is 11.2. The number of amides is 1. The predicted octanol–water partition coefficient (Wildman–Crippen LogP) is 5.32. The van der Waals surface area contributed by atoms with Crippen LogP contribution in [0.5, 0.6) is 0 Å². The standard InChI is InChI=1S/C25H21F4N3O3/c1-3-35-22-9-16(6-7-21(22)33)15-4-5-17(20(26)8-15)10-23(34)32-18-11-19(25(27,28)29)24(31-13-18)14(2)12-30/h4-6,8-9,11,13-14H,3,7,10H2,1-2H3,(H,32,34). The molecule has 1 unspecified atom stereocenters. The molecule has 0 spiro atoms. The number of halogens is 4. The third kappa shape index (κ3) is 6.12. The largest absolute Gasteiger partial charge is 0.490 e. The van der Waals surface area contributed by atoms with Crippen LogP contribution in [-0.4, -0.2) is 23.3 Å². The summed E-state index contributed by atoms with van der Waals surface area (Å²) < 4.78 is 60.2. The number of ketones is 1. The van der Waals surface area contributed by atoms with Crippen LogP contribution in [0.2, 0.25) is 0 Å². The zero-order chi connectivity index (χ0) is 25.8. The number of rotatable bonds is 7. The van der Waals surface area contributed by atoms with E-state index in [4.69, 9.17) is 10.00 Å². The van der Waals surface area contributed by atoms with Gasteiger partial charge >= 0.3 is 6.18 Å². The van der Waals surface area contributed by atoms with Crippen LogP contribution in [-0.2, 0) is 26.9 Å². The molecule has 0 bridgehead atoms. The second-order valence-corrected chi connectivity index (χ2v) is 7.76. The molecule has 1 N–H and O–H groups in total. The number of anilines is 1.